The number of methoxy groups -OCH3 is 2. The molecule has 0 radical (unpaired) electrons. The van der Waals surface area contributed by atoms with Crippen molar-refractivity contribution in [2.45, 2.75) is 12.8 Å². The van der Waals surface area contributed by atoms with Crippen molar-refractivity contribution in [3.05, 3.63) is 40.9 Å². The van der Waals surface area contributed by atoms with Gasteiger partial charge in [-0.2, -0.15) is 0 Å². The maximum absolute atomic E-state index is 12.0. The lowest BCUT2D eigenvalue weighted by atomic mass is 10.1. The van der Waals surface area contributed by atoms with E-state index in [0.29, 0.717) is 16.6 Å². The maximum atomic E-state index is 12.0. The third-order valence-corrected chi connectivity index (χ3v) is 3.66. The van der Waals surface area contributed by atoms with Crippen LogP contribution >= 0.6 is 11.3 Å². The van der Waals surface area contributed by atoms with Crippen LogP contribution in [0.4, 0.5) is 5.13 Å². The summed E-state index contributed by atoms with van der Waals surface area (Å²) in [6, 6.07) is 7.32. The molecule has 0 aliphatic carbocycles. The highest BCUT2D eigenvalue weighted by Crippen LogP contribution is 2.17. The summed E-state index contributed by atoms with van der Waals surface area (Å²) in [5, 5.41) is 4.90. The highest BCUT2D eigenvalue weighted by Gasteiger charge is 2.10. The van der Waals surface area contributed by atoms with E-state index in [1.54, 1.807) is 12.5 Å². The third-order valence-electron chi connectivity index (χ3n) is 2.85. The second-order valence-corrected chi connectivity index (χ2v) is 5.33. The number of hydrogen-bond acceptors (Lipinski definition) is 6. The molecule has 7 heteroatoms. The van der Waals surface area contributed by atoms with Gasteiger partial charge < -0.3 is 14.8 Å². The standard InChI is InChI=1S/C15H16N2O4S/c1-20-12-5-3-4-10(6-12)7-13(18)17-15-16-11(9-22-15)8-14(19)21-2/h3-6,9H,7-8H2,1-2H3,(H,16,17,18). The molecule has 2 aromatic rings. The number of carbonyl (C=O) groups is 2. The van der Waals surface area contributed by atoms with Crippen LogP contribution in [-0.4, -0.2) is 31.1 Å². The van der Waals surface area contributed by atoms with Gasteiger partial charge in [0.1, 0.15) is 5.75 Å². The lowest BCUT2D eigenvalue weighted by molar-refractivity contribution is -0.139. The smallest absolute Gasteiger partial charge is 0.311 e. The Morgan fingerprint density at radius 2 is 2.09 bits per heavy atom. The number of esters is 1. The number of benzene rings is 1. The van der Waals surface area contributed by atoms with Gasteiger partial charge >= 0.3 is 5.97 Å². The summed E-state index contributed by atoms with van der Waals surface area (Å²) in [5.74, 6) is 0.173. The number of nitrogens with zero attached hydrogens (tertiary/aromatic N) is 1. The van der Waals surface area contributed by atoms with Crippen molar-refractivity contribution in [1.82, 2.24) is 4.98 Å². The molecule has 116 valence electrons. The van der Waals surface area contributed by atoms with E-state index in [1.165, 1.54) is 18.4 Å². The Hall–Kier alpha value is -2.41. The number of nitrogens with one attached hydrogen (secondary N) is 1. The predicted molar refractivity (Wildman–Crippen MR) is 83.2 cm³/mol. The van der Waals surface area contributed by atoms with E-state index in [2.05, 4.69) is 15.0 Å². The molecule has 1 heterocycles. The van der Waals surface area contributed by atoms with Crippen molar-refractivity contribution in [2.24, 2.45) is 0 Å². The van der Waals surface area contributed by atoms with Crippen molar-refractivity contribution < 1.29 is 19.1 Å². The summed E-state index contributed by atoms with van der Waals surface area (Å²) in [6.45, 7) is 0. The molecule has 0 aliphatic heterocycles. The van der Waals surface area contributed by atoms with Gasteiger partial charge in [0.2, 0.25) is 5.91 Å². The first-order chi connectivity index (χ1) is 10.6. The van der Waals surface area contributed by atoms with Crippen LogP contribution < -0.4 is 10.1 Å². The van der Waals surface area contributed by atoms with Crippen LogP contribution in [0.15, 0.2) is 29.6 Å². The number of ether oxygens (including phenoxy) is 2. The fraction of sp³-hybridized carbons (Fsp3) is 0.267. The minimum Gasteiger partial charge on any atom is -0.497 e. The molecule has 0 saturated carbocycles. The lowest BCUT2D eigenvalue weighted by Gasteiger charge is -2.04. The molecular weight excluding hydrogens is 304 g/mol. The molecule has 0 atom stereocenters. The fourth-order valence-electron chi connectivity index (χ4n) is 1.80. The van der Waals surface area contributed by atoms with E-state index in [-0.39, 0.29) is 24.7 Å². The number of rotatable bonds is 6. The highest BCUT2D eigenvalue weighted by molar-refractivity contribution is 7.13. The van der Waals surface area contributed by atoms with Crippen molar-refractivity contribution in [3.63, 3.8) is 0 Å². The molecule has 1 N–H and O–H groups in total. The monoisotopic (exact) mass is 320 g/mol. The molecule has 0 aliphatic rings. The Labute approximate surface area is 132 Å². The van der Waals surface area contributed by atoms with Gasteiger partial charge in [-0.15, -0.1) is 11.3 Å². The molecule has 1 aromatic heterocycles. The van der Waals surface area contributed by atoms with Gasteiger partial charge in [-0.05, 0) is 17.7 Å². The highest BCUT2D eigenvalue weighted by atomic mass is 32.1. The number of anilines is 1. The van der Waals surface area contributed by atoms with Crippen LogP contribution in [0, 0.1) is 0 Å². The van der Waals surface area contributed by atoms with E-state index < -0.39 is 0 Å². The second-order valence-electron chi connectivity index (χ2n) is 4.47. The average Bonchev–Trinajstić information content (AvgIpc) is 2.94. The molecule has 0 saturated heterocycles. The minimum absolute atomic E-state index is 0.0960. The molecule has 1 amide bonds. The molecule has 0 unspecified atom stereocenters. The quantitative estimate of drug-likeness (QED) is 0.824. The number of aromatic nitrogens is 1. The first-order valence-electron chi connectivity index (χ1n) is 6.54. The summed E-state index contributed by atoms with van der Waals surface area (Å²) in [6.07, 6.45) is 0.321. The van der Waals surface area contributed by atoms with Crippen LogP contribution in [0.2, 0.25) is 0 Å². The Bertz CT molecular complexity index is 669. The van der Waals surface area contributed by atoms with Crippen LogP contribution in [0.3, 0.4) is 0 Å². The van der Waals surface area contributed by atoms with Crippen molar-refractivity contribution in [1.29, 1.82) is 0 Å². The second kappa shape index (κ2) is 7.56. The van der Waals surface area contributed by atoms with E-state index in [4.69, 9.17) is 4.74 Å². The Morgan fingerprint density at radius 1 is 1.27 bits per heavy atom. The topological polar surface area (TPSA) is 77.5 Å². The summed E-state index contributed by atoms with van der Waals surface area (Å²) >= 11 is 1.27. The van der Waals surface area contributed by atoms with Gasteiger partial charge in [0, 0.05) is 5.38 Å². The van der Waals surface area contributed by atoms with Gasteiger partial charge in [-0.3, -0.25) is 9.59 Å². The number of carbonyl (C=O) groups excluding carboxylic acids is 2. The molecule has 1 aromatic carbocycles. The molecule has 2 rings (SSSR count). The van der Waals surface area contributed by atoms with Gasteiger partial charge in [0.05, 0.1) is 32.8 Å². The Balaban J connectivity index is 1.93. The third kappa shape index (κ3) is 4.56. The minimum atomic E-state index is -0.362. The average molecular weight is 320 g/mol. The van der Waals surface area contributed by atoms with E-state index in [1.807, 2.05) is 24.3 Å². The molecule has 6 nitrogen and oxygen atoms in total. The normalized spacial score (nSPS) is 10.1. The molecule has 0 spiro atoms. The van der Waals surface area contributed by atoms with E-state index >= 15 is 0 Å². The van der Waals surface area contributed by atoms with Crippen molar-refractivity contribution in [3.8, 4) is 5.75 Å². The molecule has 0 fully saturated rings. The number of hydrogen-bond donors (Lipinski definition) is 1. The predicted octanol–water partition coefficient (Wildman–Crippen LogP) is 2.05. The number of thiazole rings is 1. The van der Waals surface area contributed by atoms with Crippen LogP contribution in [0.25, 0.3) is 0 Å². The Morgan fingerprint density at radius 3 is 2.82 bits per heavy atom. The zero-order chi connectivity index (χ0) is 15.9. The van der Waals surface area contributed by atoms with Crippen LogP contribution in [-0.2, 0) is 27.2 Å². The summed E-state index contributed by atoms with van der Waals surface area (Å²) in [5.41, 5.74) is 1.43. The molecule has 22 heavy (non-hydrogen) atoms. The Kier molecular flexibility index (Phi) is 5.48. The van der Waals surface area contributed by atoms with E-state index in [9.17, 15) is 9.59 Å². The fourth-order valence-corrected chi connectivity index (χ4v) is 2.52. The summed E-state index contributed by atoms with van der Waals surface area (Å²) < 4.78 is 9.69. The SMILES string of the molecule is COC(=O)Cc1csc(NC(=O)Cc2cccc(OC)c2)n1. The van der Waals surface area contributed by atoms with Gasteiger partial charge in [-0.1, -0.05) is 12.1 Å². The van der Waals surface area contributed by atoms with Crippen molar-refractivity contribution >= 4 is 28.3 Å². The van der Waals surface area contributed by atoms with Gasteiger partial charge in [0.25, 0.3) is 0 Å². The molecule has 0 bridgehead atoms. The van der Waals surface area contributed by atoms with Crippen LogP contribution in [0.1, 0.15) is 11.3 Å². The zero-order valence-corrected chi connectivity index (χ0v) is 13.1. The first kappa shape index (κ1) is 16.0. The first-order valence-corrected chi connectivity index (χ1v) is 7.42. The van der Waals surface area contributed by atoms with Gasteiger partial charge in [-0.25, -0.2) is 4.98 Å². The summed E-state index contributed by atoms with van der Waals surface area (Å²) in [4.78, 5) is 27.3. The largest absolute Gasteiger partial charge is 0.497 e. The van der Waals surface area contributed by atoms with Crippen molar-refractivity contribution in [2.75, 3.05) is 19.5 Å². The molecular formula is C15H16N2O4S. The van der Waals surface area contributed by atoms with Gasteiger partial charge in [0.15, 0.2) is 5.13 Å². The maximum Gasteiger partial charge on any atom is 0.311 e. The van der Waals surface area contributed by atoms with Crippen LogP contribution in [0.5, 0.6) is 5.75 Å². The van der Waals surface area contributed by atoms with E-state index in [0.717, 1.165) is 5.56 Å². The zero-order valence-electron chi connectivity index (χ0n) is 12.3. The summed E-state index contributed by atoms with van der Waals surface area (Å²) in [7, 11) is 2.91. The lowest BCUT2D eigenvalue weighted by Crippen LogP contribution is -2.14. The number of amides is 1.